The molecule has 22 heavy (non-hydrogen) atoms. The lowest BCUT2D eigenvalue weighted by molar-refractivity contribution is -0.384. The minimum Gasteiger partial charge on any atom is -0.380 e. The Bertz CT molecular complexity index is 720. The zero-order chi connectivity index (χ0) is 16.1. The molecular formula is C13H13N5O4. The van der Waals surface area contributed by atoms with Crippen LogP contribution in [-0.2, 0) is 16.2 Å². The van der Waals surface area contributed by atoms with Gasteiger partial charge in [-0.1, -0.05) is 5.16 Å². The summed E-state index contributed by atoms with van der Waals surface area (Å²) in [7, 11) is 0. The second kappa shape index (κ2) is 6.48. The number of hydrogen-bond donors (Lipinski definition) is 1. The summed E-state index contributed by atoms with van der Waals surface area (Å²) in [4.78, 5) is 26.3. The fourth-order valence-corrected chi connectivity index (χ4v) is 1.62. The van der Waals surface area contributed by atoms with Crippen LogP contribution in [0, 0.1) is 17.0 Å². The van der Waals surface area contributed by atoms with Gasteiger partial charge < -0.3 is 10.6 Å². The van der Waals surface area contributed by atoms with Crippen LogP contribution in [0.15, 0.2) is 41.7 Å². The Kier molecular flexibility index (Phi) is 4.47. The van der Waals surface area contributed by atoms with Crippen LogP contribution in [0.1, 0.15) is 11.3 Å². The van der Waals surface area contributed by atoms with Crippen molar-refractivity contribution in [1.82, 2.24) is 9.78 Å². The van der Waals surface area contributed by atoms with Gasteiger partial charge in [0.05, 0.1) is 10.6 Å². The van der Waals surface area contributed by atoms with E-state index in [1.165, 1.54) is 28.9 Å². The highest BCUT2D eigenvalue weighted by molar-refractivity contribution is 5.97. The van der Waals surface area contributed by atoms with E-state index in [-0.39, 0.29) is 18.1 Å². The maximum atomic E-state index is 11.6. The van der Waals surface area contributed by atoms with Gasteiger partial charge in [0.2, 0.25) is 0 Å². The molecular weight excluding hydrogens is 290 g/mol. The summed E-state index contributed by atoms with van der Waals surface area (Å²) in [6, 6.07) is 7.16. The second-order valence-corrected chi connectivity index (χ2v) is 4.40. The third-order valence-corrected chi connectivity index (χ3v) is 2.68. The van der Waals surface area contributed by atoms with Crippen molar-refractivity contribution in [2.75, 3.05) is 0 Å². The number of aromatic nitrogens is 2. The van der Waals surface area contributed by atoms with Gasteiger partial charge in [-0.3, -0.25) is 14.8 Å². The highest BCUT2D eigenvalue weighted by Gasteiger charge is 2.08. The Morgan fingerprint density at radius 3 is 2.64 bits per heavy atom. The number of rotatable bonds is 5. The number of carbonyl (C=O) groups excluding carboxylic acids is 1. The molecule has 2 rings (SSSR count). The van der Waals surface area contributed by atoms with Gasteiger partial charge in [-0.25, -0.2) is 4.79 Å². The average molecular weight is 303 g/mol. The predicted octanol–water partition coefficient (Wildman–Crippen LogP) is 0.963. The topological polar surface area (TPSA) is 126 Å². The van der Waals surface area contributed by atoms with Crippen LogP contribution in [-0.4, -0.2) is 26.5 Å². The zero-order valence-electron chi connectivity index (χ0n) is 11.7. The normalized spacial score (nSPS) is 11.2. The van der Waals surface area contributed by atoms with Gasteiger partial charge in [0.25, 0.3) is 5.69 Å². The van der Waals surface area contributed by atoms with E-state index < -0.39 is 10.9 Å². The van der Waals surface area contributed by atoms with Crippen LogP contribution in [0.2, 0.25) is 0 Å². The van der Waals surface area contributed by atoms with Crippen LogP contribution in [0.25, 0.3) is 0 Å². The predicted molar refractivity (Wildman–Crippen MR) is 76.9 cm³/mol. The smallest absolute Gasteiger partial charge is 0.356 e. The van der Waals surface area contributed by atoms with Crippen molar-refractivity contribution < 1.29 is 14.6 Å². The van der Waals surface area contributed by atoms with E-state index in [4.69, 9.17) is 5.73 Å². The van der Waals surface area contributed by atoms with Gasteiger partial charge in [0, 0.05) is 23.9 Å². The number of nitro benzene ring substituents is 1. The first-order chi connectivity index (χ1) is 10.5. The molecule has 0 unspecified atom stereocenters. The van der Waals surface area contributed by atoms with Gasteiger partial charge in [0.1, 0.15) is 6.54 Å². The molecule has 0 amide bonds. The van der Waals surface area contributed by atoms with Crippen molar-refractivity contribution in [2.24, 2.45) is 10.9 Å². The Morgan fingerprint density at radius 2 is 2.09 bits per heavy atom. The van der Waals surface area contributed by atoms with E-state index in [9.17, 15) is 14.9 Å². The number of nitro groups is 1. The molecule has 2 N–H and O–H groups in total. The van der Waals surface area contributed by atoms with Gasteiger partial charge in [-0.05, 0) is 25.1 Å². The second-order valence-electron chi connectivity index (χ2n) is 4.40. The van der Waals surface area contributed by atoms with E-state index in [1.54, 1.807) is 19.2 Å². The molecule has 0 fully saturated rings. The van der Waals surface area contributed by atoms with Crippen molar-refractivity contribution in [3.8, 4) is 0 Å². The summed E-state index contributed by atoms with van der Waals surface area (Å²) in [5.74, 6) is -0.687. The fourth-order valence-electron chi connectivity index (χ4n) is 1.62. The quantitative estimate of drug-likeness (QED) is 0.288. The van der Waals surface area contributed by atoms with E-state index in [0.717, 1.165) is 5.69 Å². The van der Waals surface area contributed by atoms with Crippen molar-refractivity contribution >= 4 is 17.5 Å². The van der Waals surface area contributed by atoms with Crippen LogP contribution in [0.4, 0.5) is 5.69 Å². The lowest BCUT2D eigenvalue weighted by atomic mass is 10.2. The first kappa shape index (κ1) is 15.2. The fraction of sp³-hybridized carbons (Fsp3) is 0.154. The Morgan fingerprint density at radius 1 is 1.41 bits per heavy atom. The van der Waals surface area contributed by atoms with Crippen LogP contribution < -0.4 is 5.73 Å². The van der Waals surface area contributed by atoms with Crippen molar-refractivity contribution in [3.05, 3.63) is 57.9 Å². The number of amidine groups is 1. The number of benzene rings is 1. The third kappa shape index (κ3) is 3.88. The van der Waals surface area contributed by atoms with Crippen molar-refractivity contribution in [1.29, 1.82) is 0 Å². The molecule has 9 nitrogen and oxygen atoms in total. The summed E-state index contributed by atoms with van der Waals surface area (Å²) in [5, 5.41) is 18.1. The summed E-state index contributed by atoms with van der Waals surface area (Å²) in [5.41, 5.74) is 6.77. The molecule has 0 saturated carbocycles. The van der Waals surface area contributed by atoms with Gasteiger partial charge in [0.15, 0.2) is 5.84 Å². The minimum atomic E-state index is -0.632. The molecule has 114 valence electrons. The number of non-ortho nitro benzene ring substituents is 1. The molecule has 0 spiro atoms. The van der Waals surface area contributed by atoms with E-state index in [2.05, 4.69) is 15.1 Å². The Hall–Kier alpha value is -3.23. The molecule has 2 aromatic rings. The van der Waals surface area contributed by atoms with Crippen LogP contribution in [0.3, 0.4) is 0 Å². The molecule has 9 heteroatoms. The third-order valence-electron chi connectivity index (χ3n) is 2.68. The number of nitrogens with zero attached hydrogens (tertiary/aromatic N) is 4. The highest BCUT2D eigenvalue weighted by atomic mass is 16.7. The maximum Gasteiger partial charge on any atom is 0.356 e. The lowest BCUT2D eigenvalue weighted by Crippen LogP contribution is -2.17. The largest absolute Gasteiger partial charge is 0.380 e. The summed E-state index contributed by atoms with van der Waals surface area (Å²) >= 11 is 0. The first-order valence-electron chi connectivity index (χ1n) is 6.24. The van der Waals surface area contributed by atoms with Crippen LogP contribution in [0.5, 0.6) is 0 Å². The lowest BCUT2D eigenvalue weighted by Gasteiger charge is -2.01. The molecule has 0 saturated heterocycles. The van der Waals surface area contributed by atoms with Gasteiger partial charge in [-0.15, -0.1) is 0 Å². The molecule has 1 aromatic carbocycles. The number of aryl methyl sites for hydroxylation is 1. The van der Waals surface area contributed by atoms with Gasteiger partial charge >= 0.3 is 5.97 Å². The highest BCUT2D eigenvalue weighted by Crippen LogP contribution is 2.11. The van der Waals surface area contributed by atoms with E-state index in [1.807, 2.05) is 0 Å². The zero-order valence-corrected chi connectivity index (χ0v) is 11.7. The first-order valence-corrected chi connectivity index (χ1v) is 6.24. The molecule has 0 aliphatic rings. The standard InChI is InChI=1S/C13H13N5O4/c1-9-6-7-17(15-9)8-12(19)22-16-13(14)10-2-4-11(5-3-10)18(20)21/h2-7H,8H2,1H3,(H2,14,16). The minimum absolute atomic E-state index is 0.0557. The van der Waals surface area contributed by atoms with Gasteiger partial charge in [-0.2, -0.15) is 5.10 Å². The summed E-state index contributed by atoms with van der Waals surface area (Å²) in [6.45, 7) is 1.71. The monoisotopic (exact) mass is 303 g/mol. The number of oxime groups is 1. The molecule has 1 heterocycles. The molecule has 0 aliphatic heterocycles. The van der Waals surface area contributed by atoms with E-state index in [0.29, 0.717) is 5.56 Å². The number of nitrogens with two attached hydrogens (primary N) is 1. The van der Waals surface area contributed by atoms with Crippen LogP contribution >= 0.6 is 0 Å². The van der Waals surface area contributed by atoms with Crippen molar-refractivity contribution in [2.45, 2.75) is 13.5 Å². The SMILES string of the molecule is Cc1ccn(CC(=O)O/N=C(\N)c2ccc([N+](=O)[O-])cc2)n1. The summed E-state index contributed by atoms with van der Waals surface area (Å²) in [6.07, 6.45) is 1.64. The molecule has 0 aliphatic carbocycles. The molecule has 0 atom stereocenters. The number of hydrogen-bond acceptors (Lipinski definition) is 6. The number of carbonyl (C=O) groups is 1. The van der Waals surface area contributed by atoms with E-state index >= 15 is 0 Å². The molecule has 1 aromatic heterocycles. The summed E-state index contributed by atoms with van der Waals surface area (Å²) < 4.78 is 1.41. The Labute approximate surface area is 125 Å². The Balaban J connectivity index is 1.96. The maximum absolute atomic E-state index is 11.6. The average Bonchev–Trinajstić information content (AvgIpc) is 2.90. The molecule has 0 radical (unpaired) electrons. The molecule has 0 bridgehead atoms. The van der Waals surface area contributed by atoms with Crippen molar-refractivity contribution in [3.63, 3.8) is 0 Å².